The van der Waals surface area contributed by atoms with Gasteiger partial charge in [0.05, 0.1) is 6.61 Å². The summed E-state index contributed by atoms with van der Waals surface area (Å²) in [6.07, 6.45) is 3.78. The molecule has 1 rings (SSSR count). The molecule has 15 heavy (non-hydrogen) atoms. The molecule has 1 unspecified atom stereocenters. The van der Waals surface area contributed by atoms with Gasteiger partial charge in [0.1, 0.15) is 0 Å². The molecule has 0 fully saturated rings. The minimum absolute atomic E-state index is 0.414. The number of rotatable bonds is 7. The topological polar surface area (TPSA) is 39.1 Å². The molecule has 0 aliphatic rings. The van der Waals surface area contributed by atoms with Crippen LogP contribution < -0.4 is 5.32 Å². The van der Waals surface area contributed by atoms with Crippen LogP contribution in [0.2, 0.25) is 0 Å². The lowest BCUT2D eigenvalue weighted by Crippen LogP contribution is -2.31. The second kappa shape index (κ2) is 6.87. The van der Waals surface area contributed by atoms with Crippen LogP contribution in [0.15, 0.2) is 17.6 Å². The average molecular weight is 229 g/mol. The number of methoxy groups -OCH3 is 1. The Kier molecular flexibility index (Phi) is 5.75. The van der Waals surface area contributed by atoms with Crippen molar-refractivity contribution >= 4 is 11.8 Å². The number of nitrogens with one attached hydrogen (secondary N) is 1. The number of thioether (sulfide) groups is 1. The molecule has 0 aliphatic heterocycles. The molecule has 1 N–H and O–H groups in total. The Morgan fingerprint density at radius 2 is 2.47 bits per heavy atom. The van der Waals surface area contributed by atoms with E-state index in [1.54, 1.807) is 18.9 Å². The lowest BCUT2D eigenvalue weighted by atomic mass is 10.4. The van der Waals surface area contributed by atoms with E-state index in [1.807, 2.05) is 24.0 Å². The van der Waals surface area contributed by atoms with Gasteiger partial charge in [0.15, 0.2) is 5.16 Å². The summed E-state index contributed by atoms with van der Waals surface area (Å²) < 4.78 is 7.07. The summed E-state index contributed by atoms with van der Waals surface area (Å²) in [6, 6.07) is 0.414. The molecule has 0 aromatic carbocycles. The van der Waals surface area contributed by atoms with Crippen molar-refractivity contribution < 1.29 is 4.74 Å². The van der Waals surface area contributed by atoms with Gasteiger partial charge >= 0.3 is 0 Å². The van der Waals surface area contributed by atoms with Crippen LogP contribution in [0, 0.1) is 0 Å². The number of hydrogen-bond donors (Lipinski definition) is 1. The molecule has 1 atom stereocenters. The van der Waals surface area contributed by atoms with Gasteiger partial charge in [-0.3, -0.25) is 0 Å². The molecule has 1 heterocycles. The fourth-order valence-electron chi connectivity index (χ4n) is 1.25. The lowest BCUT2D eigenvalue weighted by Gasteiger charge is -2.11. The minimum atomic E-state index is 0.414. The first kappa shape index (κ1) is 12.5. The summed E-state index contributed by atoms with van der Waals surface area (Å²) in [4.78, 5) is 4.24. The third-order valence-electron chi connectivity index (χ3n) is 2.02. The molecule has 0 saturated heterocycles. The number of aryl methyl sites for hydroxylation is 1. The number of hydrogen-bond acceptors (Lipinski definition) is 4. The number of ether oxygens (including phenoxy) is 1. The van der Waals surface area contributed by atoms with Crippen LogP contribution in [0.5, 0.6) is 0 Å². The van der Waals surface area contributed by atoms with E-state index in [0.29, 0.717) is 6.04 Å². The van der Waals surface area contributed by atoms with E-state index in [2.05, 4.69) is 17.2 Å². The predicted molar refractivity (Wildman–Crippen MR) is 63.3 cm³/mol. The first-order valence-corrected chi connectivity index (χ1v) is 6.05. The van der Waals surface area contributed by atoms with Gasteiger partial charge in [0.2, 0.25) is 0 Å². The van der Waals surface area contributed by atoms with Gasteiger partial charge < -0.3 is 14.6 Å². The van der Waals surface area contributed by atoms with Crippen molar-refractivity contribution in [3.8, 4) is 0 Å². The van der Waals surface area contributed by atoms with E-state index in [-0.39, 0.29) is 0 Å². The highest BCUT2D eigenvalue weighted by Crippen LogP contribution is 2.12. The van der Waals surface area contributed by atoms with Gasteiger partial charge in [-0.1, -0.05) is 11.8 Å². The summed E-state index contributed by atoms with van der Waals surface area (Å²) in [5.74, 6) is 1.03. The van der Waals surface area contributed by atoms with E-state index in [1.165, 1.54) is 0 Å². The van der Waals surface area contributed by atoms with Crippen molar-refractivity contribution in [1.82, 2.24) is 14.9 Å². The van der Waals surface area contributed by atoms with E-state index in [4.69, 9.17) is 4.74 Å². The molecular weight excluding hydrogens is 210 g/mol. The van der Waals surface area contributed by atoms with Crippen molar-refractivity contribution in [1.29, 1.82) is 0 Å². The van der Waals surface area contributed by atoms with Gasteiger partial charge in [0, 0.05) is 44.9 Å². The predicted octanol–water partition coefficient (Wildman–Crippen LogP) is 1.14. The van der Waals surface area contributed by atoms with E-state index >= 15 is 0 Å². The summed E-state index contributed by atoms with van der Waals surface area (Å²) in [6.45, 7) is 3.85. The molecule has 4 nitrogen and oxygen atoms in total. The van der Waals surface area contributed by atoms with E-state index in [9.17, 15) is 0 Å². The minimum Gasteiger partial charge on any atom is -0.383 e. The smallest absolute Gasteiger partial charge is 0.167 e. The number of aromatic nitrogens is 2. The summed E-state index contributed by atoms with van der Waals surface area (Å²) in [5.41, 5.74) is 0. The second-order valence-corrected chi connectivity index (χ2v) is 4.54. The first-order chi connectivity index (χ1) is 7.24. The molecule has 0 saturated carbocycles. The van der Waals surface area contributed by atoms with E-state index in [0.717, 1.165) is 24.1 Å². The molecule has 1 aromatic heterocycles. The average Bonchev–Trinajstić information content (AvgIpc) is 2.60. The Morgan fingerprint density at radius 1 is 1.67 bits per heavy atom. The van der Waals surface area contributed by atoms with Gasteiger partial charge in [-0.05, 0) is 6.92 Å². The molecular formula is C10H19N3OS. The standard InChI is InChI=1S/C10H19N3OS/c1-9(8-14-3)11-5-7-15-10-12-4-6-13(10)2/h4,6,9,11H,5,7-8H2,1-3H3. The lowest BCUT2D eigenvalue weighted by molar-refractivity contribution is 0.173. The van der Waals surface area contributed by atoms with Crippen LogP contribution in [-0.2, 0) is 11.8 Å². The Morgan fingerprint density at radius 3 is 3.07 bits per heavy atom. The van der Waals surface area contributed by atoms with Gasteiger partial charge in [-0.15, -0.1) is 0 Å². The third kappa shape index (κ3) is 4.68. The maximum Gasteiger partial charge on any atom is 0.167 e. The van der Waals surface area contributed by atoms with Crippen molar-refractivity contribution in [3.63, 3.8) is 0 Å². The largest absolute Gasteiger partial charge is 0.383 e. The Hall–Kier alpha value is -0.520. The highest BCUT2D eigenvalue weighted by Gasteiger charge is 2.01. The van der Waals surface area contributed by atoms with Crippen LogP contribution in [0.1, 0.15) is 6.92 Å². The third-order valence-corrected chi connectivity index (χ3v) is 3.08. The van der Waals surface area contributed by atoms with E-state index < -0.39 is 0 Å². The maximum atomic E-state index is 5.04. The molecule has 1 aromatic rings. The monoisotopic (exact) mass is 229 g/mol. The van der Waals surface area contributed by atoms with Crippen molar-refractivity contribution in [2.24, 2.45) is 7.05 Å². The summed E-state index contributed by atoms with van der Waals surface area (Å²) >= 11 is 1.76. The van der Waals surface area contributed by atoms with Crippen LogP contribution in [0.25, 0.3) is 0 Å². The van der Waals surface area contributed by atoms with Crippen LogP contribution in [0.3, 0.4) is 0 Å². The molecule has 86 valence electrons. The van der Waals surface area contributed by atoms with Crippen molar-refractivity contribution in [2.75, 3.05) is 26.0 Å². The second-order valence-electron chi connectivity index (χ2n) is 3.48. The fourth-order valence-corrected chi connectivity index (χ4v) is 2.05. The van der Waals surface area contributed by atoms with Crippen LogP contribution in [0.4, 0.5) is 0 Å². The van der Waals surface area contributed by atoms with Crippen molar-refractivity contribution in [3.05, 3.63) is 12.4 Å². The van der Waals surface area contributed by atoms with Gasteiger partial charge in [-0.25, -0.2) is 4.98 Å². The molecule has 0 radical (unpaired) electrons. The Labute approximate surface area is 95.4 Å². The normalized spacial score (nSPS) is 13.0. The SMILES string of the molecule is COCC(C)NCCSc1nccn1C. The van der Waals surface area contributed by atoms with Gasteiger partial charge in [-0.2, -0.15) is 0 Å². The fraction of sp³-hybridized carbons (Fsp3) is 0.700. The maximum absolute atomic E-state index is 5.04. The number of nitrogens with zero attached hydrogens (tertiary/aromatic N) is 2. The molecule has 5 heteroatoms. The van der Waals surface area contributed by atoms with Gasteiger partial charge in [0.25, 0.3) is 0 Å². The summed E-state index contributed by atoms with van der Waals surface area (Å²) in [5, 5.41) is 4.45. The van der Waals surface area contributed by atoms with Crippen molar-refractivity contribution in [2.45, 2.75) is 18.1 Å². The highest BCUT2D eigenvalue weighted by atomic mass is 32.2. The molecule has 0 bridgehead atoms. The Bertz CT molecular complexity index is 277. The zero-order chi connectivity index (χ0) is 11.1. The molecule has 0 aliphatic carbocycles. The van der Waals surface area contributed by atoms with Crippen LogP contribution >= 0.6 is 11.8 Å². The highest BCUT2D eigenvalue weighted by molar-refractivity contribution is 7.99. The Balaban J connectivity index is 2.09. The molecule has 0 spiro atoms. The first-order valence-electron chi connectivity index (χ1n) is 5.06. The molecule has 0 amide bonds. The number of imidazole rings is 1. The zero-order valence-corrected chi connectivity index (χ0v) is 10.4. The van der Waals surface area contributed by atoms with Crippen LogP contribution in [-0.4, -0.2) is 41.6 Å². The zero-order valence-electron chi connectivity index (χ0n) is 9.56. The quantitative estimate of drug-likeness (QED) is 0.562. The summed E-state index contributed by atoms with van der Waals surface area (Å²) in [7, 11) is 3.73.